The highest BCUT2D eigenvalue weighted by Crippen LogP contribution is 2.25. The van der Waals surface area contributed by atoms with E-state index in [1.165, 1.54) is 25.5 Å². The summed E-state index contributed by atoms with van der Waals surface area (Å²) in [6.07, 6.45) is 10.3. The van der Waals surface area contributed by atoms with Gasteiger partial charge in [0.2, 0.25) is 0 Å². The van der Waals surface area contributed by atoms with Crippen LogP contribution in [0.4, 0.5) is 0 Å². The van der Waals surface area contributed by atoms with E-state index in [1.54, 1.807) is 0 Å². The van der Waals surface area contributed by atoms with E-state index in [9.17, 15) is 4.79 Å². The van der Waals surface area contributed by atoms with E-state index >= 15 is 0 Å². The van der Waals surface area contributed by atoms with E-state index in [2.05, 4.69) is 27.4 Å². The zero-order valence-electron chi connectivity index (χ0n) is 12.4. The second-order valence-electron chi connectivity index (χ2n) is 5.09. The number of hydrogen-bond donors (Lipinski definition) is 0. The van der Waals surface area contributed by atoms with Crippen LogP contribution in [-0.4, -0.2) is 5.97 Å². The monoisotopic (exact) mass is 254 g/mol. The third-order valence-electron chi connectivity index (χ3n) is 3.60. The second kappa shape index (κ2) is 11.3. The predicted octanol–water partition coefficient (Wildman–Crippen LogP) is 5.09. The molecule has 0 aromatic heterocycles. The molecule has 2 nitrogen and oxygen atoms in total. The summed E-state index contributed by atoms with van der Waals surface area (Å²) in [4.78, 5) is 11.9. The summed E-state index contributed by atoms with van der Waals surface area (Å²) in [7, 11) is 0. The second-order valence-corrected chi connectivity index (χ2v) is 5.09. The van der Waals surface area contributed by atoms with Gasteiger partial charge < -0.3 is 4.74 Å². The molecular weight excluding hydrogens is 224 g/mol. The maximum Gasteiger partial charge on any atom is 0.313 e. The van der Waals surface area contributed by atoms with Gasteiger partial charge in [-0.2, -0.15) is 0 Å². The van der Waals surface area contributed by atoms with Gasteiger partial charge in [0.05, 0.1) is 12.2 Å². The Morgan fingerprint density at radius 3 is 2.28 bits per heavy atom. The standard InChI is InChI=1S/C16H30O2/c1-5-9-11-14(7-3)13-15(12-10-6-2)16(17)18-8-4/h8,14-15H,4-7,9-13H2,1-3H3. The van der Waals surface area contributed by atoms with Crippen molar-refractivity contribution in [3.63, 3.8) is 0 Å². The summed E-state index contributed by atoms with van der Waals surface area (Å²) in [6.45, 7) is 10.1. The molecule has 106 valence electrons. The van der Waals surface area contributed by atoms with Crippen LogP contribution in [0.2, 0.25) is 0 Å². The average Bonchev–Trinajstić information content (AvgIpc) is 2.38. The van der Waals surface area contributed by atoms with Crippen LogP contribution in [-0.2, 0) is 9.53 Å². The Kier molecular flexibility index (Phi) is 10.8. The highest BCUT2D eigenvalue weighted by Gasteiger charge is 2.22. The van der Waals surface area contributed by atoms with E-state index < -0.39 is 0 Å². The minimum Gasteiger partial charge on any atom is -0.435 e. The smallest absolute Gasteiger partial charge is 0.313 e. The molecule has 0 spiro atoms. The van der Waals surface area contributed by atoms with E-state index in [4.69, 9.17) is 4.74 Å². The fraction of sp³-hybridized carbons (Fsp3) is 0.812. The summed E-state index contributed by atoms with van der Waals surface area (Å²) >= 11 is 0. The van der Waals surface area contributed by atoms with Gasteiger partial charge in [-0.05, 0) is 18.8 Å². The molecule has 0 saturated carbocycles. The molecule has 0 aliphatic rings. The minimum atomic E-state index is -0.0894. The largest absolute Gasteiger partial charge is 0.435 e. The van der Waals surface area contributed by atoms with Crippen molar-refractivity contribution in [3.8, 4) is 0 Å². The molecule has 0 saturated heterocycles. The number of ether oxygens (including phenoxy) is 1. The Bertz CT molecular complexity index is 223. The van der Waals surface area contributed by atoms with Crippen molar-refractivity contribution >= 4 is 5.97 Å². The Balaban J connectivity index is 4.33. The Morgan fingerprint density at radius 2 is 1.78 bits per heavy atom. The van der Waals surface area contributed by atoms with Crippen molar-refractivity contribution in [3.05, 3.63) is 12.8 Å². The van der Waals surface area contributed by atoms with Crippen molar-refractivity contribution < 1.29 is 9.53 Å². The van der Waals surface area contributed by atoms with Crippen LogP contribution in [0.5, 0.6) is 0 Å². The van der Waals surface area contributed by atoms with Gasteiger partial charge in [-0.15, -0.1) is 0 Å². The Labute approximate surface area is 113 Å². The zero-order chi connectivity index (χ0) is 13.8. The molecule has 2 heteroatoms. The quantitative estimate of drug-likeness (QED) is 0.379. The van der Waals surface area contributed by atoms with Gasteiger partial charge in [0.25, 0.3) is 0 Å². The lowest BCUT2D eigenvalue weighted by Crippen LogP contribution is -2.19. The highest BCUT2D eigenvalue weighted by molar-refractivity contribution is 5.72. The van der Waals surface area contributed by atoms with E-state index in [0.717, 1.165) is 32.1 Å². The van der Waals surface area contributed by atoms with E-state index in [0.29, 0.717) is 5.92 Å². The fourth-order valence-electron chi connectivity index (χ4n) is 2.34. The number of unbranched alkanes of at least 4 members (excludes halogenated alkanes) is 2. The molecular formula is C16H30O2. The van der Waals surface area contributed by atoms with Gasteiger partial charge in [0.15, 0.2) is 0 Å². The Morgan fingerprint density at radius 1 is 1.17 bits per heavy atom. The molecule has 0 amide bonds. The number of carbonyl (C=O) groups excluding carboxylic acids is 1. The maximum absolute atomic E-state index is 11.9. The van der Waals surface area contributed by atoms with Crippen molar-refractivity contribution in [2.45, 2.75) is 72.1 Å². The number of esters is 1. The fourth-order valence-corrected chi connectivity index (χ4v) is 2.34. The first-order chi connectivity index (χ1) is 8.69. The van der Waals surface area contributed by atoms with Crippen LogP contribution in [0, 0.1) is 11.8 Å². The first-order valence-electron chi connectivity index (χ1n) is 7.50. The summed E-state index contributed by atoms with van der Waals surface area (Å²) in [5.41, 5.74) is 0. The number of hydrogen-bond acceptors (Lipinski definition) is 2. The first kappa shape index (κ1) is 17.2. The lowest BCUT2D eigenvalue weighted by Gasteiger charge is -2.20. The van der Waals surface area contributed by atoms with Gasteiger partial charge in [-0.25, -0.2) is 0 Å². The summed E-state index contributed by atoms with van der Waals surface area (Å²) in [5, 5.41) is 0. The van der Waals surface area contributed by atoms with Gasteiger partial charge in [-0.3, -0.25) is 4.79 Å². The molecule has 0 aromatic carbocycles. The van der Waals surface area contributed by atoms with Gasteiger partial charge in [0.1, 0.15) is 0 Å². The number of carbonyl (C=O) groups is 1. The molecule has 0 N–H and O–H groups in total. The van der Waals surface area contributed by atoms with E-state index in [-0.39, 0.29) is 11.9 Å². The molecule has 2 atom stereocenters. The van der Waals surface area contributed by atoms with Crippen LogP contribution in [0.1, 0.15) is 72.1 Å². The molecule has 0 aromatic rings. The van der Waals surface area contributed by atoms with Crippen molar-refractivity contribution in [1.29, 1.82) is 0 Å². The molecule has 0 bridgehead atoms. The normalized spacial score (nSPS) is 13.9. The zero-order valence-corrected chi connectivity index (χ0v) is 12.4. The summed E-state index contributed by atoms with van der Waals surface area (Å²) in [5.74, 6) is 0.627. The summed E-state index contributed by atoms with van der Waals surface area (Å²) in [6, 6.07) is 0. The van der Waals surface area contributed by atoms with Gasteiger partial charge in [0, 0.05) is 0 Å². The van der Waals surface area contributed by atoms with Crippen LogP contribution in [0.25, 0.3) is 0 Å². The molecule has 0 aliphatic heterocycles. The first-order valence-corrected chi connectivity index (χ1v) is 7.50. The van der Waals surface area contributed by atoms with Gasteiger partial charge in [-0.1, -0.05) is 65.9 Å². The summed E-state index contributed by atoms with van der Waals surface area (Å²) < 4.78 is 4.98. The molecule has 0 fully saturated rings. The van der Waals surface area contributed by atoms with Crippen LogP contribution >= 0.6 is 0 Å². The van der Waals surface area contributed by atoms with Crippen molar-refractivity contribution in [1.82, 2.24) is 0 Å². The SMILES string of the molecule is C=COC(=O)C(CCCC)CC(CC)CCCC. The van der Waals surface area contributed by atoms with Crippen LogP contribution < -0.4 is 0 Å². The van der Waals surface area contributed by atoms with E-state index in [1.807, 2.05) is 0 Å². The molecule has 0 aliphatic carbocycles. The predicted molar refractivity (Wildman–Crippen MR) is 77.2 cm³/mol. The van der Waals surface area contributed by atoms with Crippen molar-refractivity contribution in [2.75, 3.05) is 0 Å². The maximum atomic E-state index is 11.9. The van der Waals surface area contributed by atoms with Crippen molar-refractivity contribution in [2.24, 2.45) is 11.8 Å². The topological polar surface area (TPSA) is 26.3 Å². The molecule has 0 heterocycles. The van der Waals surface area contributed by atoms with Gasteiger partial charge >= 0.3 is 5.97 Å². The minimum absolute atomic E-state index is 0.0600. The molecule has 0 rings (SSSR count). The lowest BCUT2D eigenvalue weighted by atomic mass is 9.86. The average molecular weight is 254 g/mol. The number of rotatable bonds is 11. The highest BCUT2D eigenvalue weighted by atomic mass is 16.5. The molecule has 18 heavy (non-hydrogen) atoms. The molecule has 0 radical (unpaired) electrons. The Hall–Kier alpha value is -0.790. The van der Waals surface area contributed by atoms with Crippen LogP contribution in [0.15, 0.2) is 12.8 Å². The third-order valence-corrected chi connectivity index (χ3v) is 3.60. The third kappa shape index (κ3) is 7.52. The lowest BCUT2D eigenvalue weighted by molar-refractivity contribution is -0.143. The van der Waals surface area contributed by atoms with Crippen LogP contribution in [0.3, 0.4) is 0 Å². The molecule has 2 unspecified atom stereocenters.